The molecule has 0 aromatic heterocycles. The monoisotopic (exact) mass is 266 g/mol. The molecule has 1 aromatic rings. The molecule has 0 heterocycles. The van der Waals surface area contributed by atoms with Gasteiger partial charge in [0, 0.05) is 19.3 Å². The minimum Gasteiger partial charge on any atom is -0.377 e. The SMILES string of the molecule is COC1(CNCC(=O)Nc2cccc(F)c2)CCC1. The number of halogens is 1. The number of ether oxygens (including phenoxy) is 1. The van der Waals surface area contributed by atoms with E-state index < -0.39 is 0 Å². The highest BCUT2D eigenvalue weighted by atomic mass is 19.1. The molecule has 0 radical (unpaired) electrons. The van der Waals surface area contributed by atoms with Gasteiger partial charge in [-0.1, -0.05) is 6.07 Å². The van der Waals surface area contributed by atoms with Crippen molar-refractivity contribution in [2.45, 2.75) is 24.9 Å². The highest BCUT2D eigenvalue weighted by Gasteiger charge is 2.36. The van der Waals surface area contributed by atoms with Crippen molar-refractivity contribution in [2.75, 3.05) is 25.5 Å². The number of amides is 1. The molecule has 2 rings (SSSR count). The predicted octanol–water partition coefficient (Wildman–Crippen LogP) is 1.92. The van der Waals surface area contributed by atoms with E-state index in [0.29, 0.717) is 12.2 Å². The van der Waals surface area contributed by atoms with Crippen LogP contribution in [0.5, 0.6) is 0 Å². The molecule has 5 heteroatoms. The molecular formula is C14H19FN2O2. The third-order valence-electron chi connectivity index (χ3n) is 3.54. The van der Waals surface area contributed by atoms with E-state index in [1.165, 1.54) is 18.6 Å². The maximum absolute atomic E-state index is 12.9. The van der Waals surface area contributed by atoms with Crippen LogP contribution in [0.4, 0.5) is 10.1 Å². The zero-order chi connectivity index (χ0) is 13.7. The summed E-state index contributed by atoms with van der Waals surface area (Å²) < 4.78 is 18.4. The van der Waals surface area contributed by atoms with Gasteiger partial charge >= 0.3 is 0 Å². The fraction of sp³-hybridized carbons (Fsp3) is 0.500. The number of hydrogen-bond acceptors (Lipinski definition) is 3. The Bertz CT molecular complexity index is 441. The van der Waals surface area contributed by atoms with Gasteiger partial charge in [0.2, 0.25) is 5.91 Å². The molecule has 0 saturated heterocycles. The molecular weight excluding hydrogens is 247 g/mol. The first-order chi connectivity index (χ1) is 9.13. The molecule has 4 nitrogen and oxygen atoms in total. The molecule has 1 aromatic carbocycles. The number of carbonyl (C=O) groups is 1. The summed E-state index contributed by atoms with van der Waals surface area (Å²) in [5, 5.41) is 5.72. The van der Waals surface area contributed by atoms with Crippen LogP contribution in [0, 0.1) is 5.82 Å². The van der Waals surface area contributed by atoms with Crippen LogP contribution in [0.1, 0.15) is 19.3 Å². The quantitative estimate of drug-likeness (QED) is 0.827. The Labute approximate surface area is 112 Å². The second-order valence-corrected chi connectivity index (χ2v) is 4.90. The van der Waals surface area contributed by atoms with E-state index in [-0.39, 0.29) is 23.9 Å². The van der Waals surface area contributed by atoms with Gasteiger partial charge in [-0.3, -0.25) is 4.79 Å². The Morgan fingerprint density at radius 3 is 2.84 bits per heavy atom. The summed E-state index contributed by atoms with van der Waals surface area (Å²) in [6.07, 6.45) is 3.23. The van der Waals surface area contributed by atoms with Crippen LogP contribution in [0.15, 0.2) is 24.3 Å². The molecule has 0 spiro atoms. The van der Waals surface area contributed by atoms with E-state index >= 15 is 0 Å². The Kier molecular flexibility index (Phi) is 4.50. The molecule has 1 fully saturated rings. The second kappa shape index (κ2) is 6.12. The Morgan fingerprint density at radius 2 is 2.26 bits per heavy atom. The van der Waals surface area contributed by atoms with Gasteiger partial charge < -0.3 is 15.4 Å². The van der Waals surface area contributed by atoms with Crippen LogP contribution in [-0.4, -0.2) is 31.7 Å². The highest BCUT2D eigenvalue weighted by Crippen LogP contribution is 2.34. The molecule has 1 aliphatic carbocycles. The fourth-order valence-corrected chi connectivity index (χ4v) is 2.20. The number of rotatable bonds is 6. The largest absolute Gasteiger partial charge is 0.377 e. The number of carbonyl (C=O) groups excluding carboxylic acids is 1. The van der Waals surface area contributed by atoms with Gasteiger partial charge in [0.15, 0.2) is 0 Å². The van der Waals surface area contributed by atoms with Crippen LogP contribution in [0.3, 0.4) is 0 Å². The van der Waals surface area contributed by atoms with Gasteiger partial charge in [-0.15, -0.1) is 0 Å². The van der Waals surface area contributed by atoms with E-state index in [9.17, 15) is 9.18 Å². The Morgan fingerprint density at radius 1 is 1.47 bits per heavy atom. The summed E-state index contributed by atoms with van der Waals surface area (Å²) in [6, 6.07) is 5.85. The molecule has 2 N–H and O–H groups in total. The van der Waals surface area contributed by atoms with Gasteiger partial charge in [-0.2, -0.15) is 0 Å². The minimum atomic E-state index is -0.362. The summed E-state index contributed by atoms with van der Waals surface area (Å²) in [7, 11) is 1.70. The average molecular weight is 266 g/mol. The third kappa shape index (κ3) is 3.75. The van der Waals surface area contributed by atoms with Gasteiger partial charge in [-0.05, 0) is 37.5 Å². The Hall–Kier alpha value is -1.46. The van der Waals surface area contributed by atoms with Crippen molar-refractivity contribution in [2.24, 2.45) is 0 Å². The van der Waals surface area contributed by atoms with Crippen molar-refractivity contribution >= 4 is 11.6 Å². The van der Waals surface area contributed by atoms with Gasteiger partial charge in [0.25, 0.3) is 0 Å². The first-order valence-corrected chi connectivity index (χ1v) is 6.45. The first-order valence-electron chi connectivity index (χ1n) is 6.45. The zero-order valence-electron chi connectivity index (χ0n) is 11.0. The summed E-state index contributed by atoms with van der Waals surface area (Å²) in [5.74, 6) is -0.547. The standard InChI is InChI=1S/C14H19FN2O2/c1-19-14(6-3-7-14)10-16-9-13(18)17-12-5-2-4-11(15)8-12/h2,4-5,8,16H,3,6-7,9-10H2,1H3,(H,17,18). The van der Waals surface area contributed by atoms with Gasteiger partial charge in [0.05, 0.1) is 12.1 Å². The lowest BCUT2D eigenvalue weighted by atomic mass is 9.80. The van der Waals surface area contributed by atoms with Gasteiger partial charge in [0.1, 0.15) is 5.82 Å². The third-order valence-corrected chi connectivity index (χ3v) is 3.54. The van der Waals surface area contributed by atoms with Crippen LogP contribution < -0.4 is 10.6 Å². The van der Waals surface area contributed by atoms with Crippen molar-refractivity contribution in [1.82, 2.24) is 5.32 Å². The van der Waals surface area contributed by atoms with E-state index in [0.717, 1.165) is 12.8 Å². The lowest BCUT2D eigenvalue weighted by Crippen LogP contribution is -2.49. The molecule has 0 unspecified atom stereocenters. The van der Waals surface area contributed by atoms with E-state index in [1.807, 2.05) is 0 Å². The van der Waals surface area contributed by atoms with E-state index in [2.05, 4.69) is 10.6 Å². The van der Waals surface area contributed by atoms with Crippen molar-refractivity contribution in [3.05, 3.63) is 30.1 Å². The number of hydrogen-bond donors (Lipinski definition) is 2. The molecule has 0 aliphatic heterocycles. The second-order valence-electron chi connectivity index (χ2n) is 4.90. The minimum absolute atomic E-state index is 0.0981. The first kappa shape index (κ1) is 14.0. The topological polar surface area (TPSA) is 50.4 Å². The highest BCUT2D eigenvalue weighted by molar-refractivity contribution is 5.92. The number of nitrogens with one attached hydrogen (secondary N) is 2. The van der Waals surface area contributed by atoms with Crippen LogP contribution >= 0.6 is 0 Å². The number of methoxy groups -OCH3 is 1. The molecule has 0 atom stereocenters. The fourth-order valence-electron chi connectivity index (χ4n) is 2.20. The van der Waals surface area contributed by atoms with E-state index in [4.69, 9.17) is 4.74 Å². The lowest BCUT2D eigenvalue weighted by Gasteiger charge is -2.40. The van der Waals surface area contributed by atoms with Crippen molar-refractivity contribution in [3.8, 4) is 0 Å². The maximum atomic E-state index is 12.9. The molecule has 1 saturated carbocycles. The van der Waals surface area contributed by atoms with E-state index in [1.54, 1.807) is 19.2 Å². The lowest BCUT2D eigenvalue weighted by molar-refractivity contribution is -0.116. The summed E-state index contributed by atoms with van der Waals surface area (Å²) in [4.78, 5) is 11.7. The summed E-state index contributed by atoms with van der Waals surface area (Å²) >= 11 is 0. The van der Waals surface area contributed by atoms with Crippen LogP contribution in [0.2, 0.25) is 0 Å². The average Bonchev–Trinajstić information content (AvgIpc) is 2.32. The number of benzene rings is 1. The summed E-state index contributed by atoms with van der Waals surface area (Å²) in [5.41, 5.74) is 0.371. The van der Waals surface area contributed by atoms with Crippen LogP contribution in [0.25, 0.3) is 0 Å². The molecule has 1 aliphatic rings. The molecule has 1 amide bonds. The molecule has 104 valence electrons. The van der Waals surface area contributed by atoms with Crippen molar-refractivity contribution in [3.63, 3.8) is 0 Å². The smallest absolute Gasteiger partial charge is 0.238 e. The summed E-state index contributed by atoms with van der Waals surface area (Å²) in [6.45, 7) is 0.863. The van der Waals surface area contributed by atoms with Crippen LogP contribution in [-0.2, 0) is 9.53 Å². The maximum Gasteiger partial charge on any atom is 0.238 e. The predicted molar refractivity (Wildman–Crippen MR) is 71.5 cm³/mol. The van der Waals surface area contributed by atoms with Crippen molar-refractivity contribution in [1.29, 1.82) is 0 Å². The molecule has 19 heavy (non-hydrogen) atoms. The zero-order valence-corrected chi connectivity index (χ0v) is 11.0. The van der Waals surface area contributed by atoms with Gasteiger partial charge in [-0.25, -0.2) is 4.39 Å². The molecule has 0 bridgehead atoms. The number of anilines is 1. The Balaban J connectivity index is 1.73. The normalized spacial score (nSPS) is 16.7. The van der Waals surface area contributed by atoms with Crippen molar-refractivity contribution < 1.29 is 13.9 Å².